The van der Waals surface area contributed by atoms with Crippen molar-refractivity contribution in [1.82, 2.24) is 14.7 Å². The average molecular weight is 358 g/mol. The summed E-state index contributed by atoms with van der Waals surface area (Å²) in [7, 11) is 2.70. The molecule has 0 saturated carbocycles. The molecule has 23 heavy (non-hydrogen) atoms. The molecule has 9 heteroatoms. The number of imide groups is 2. The van der Waals surface area contributed by atoms with Crippen molar-refractivity contribution in [3.8, 4) is 0 Å². The summed E-state index contributed by atoms with van der Waals surface area (Å²) >= 11 is 11.7. The lowest BCUT2D eigenvalue weighted by Gasteiger charge is -2.20. The maximum absolute atomic E-state index is 12.2. The fourth-order valence-electron chi connectivity index (χ4n) is 2.01. The van der Waals surface area contributed by atoms with Crippen LogP contribution in [0.4, 0.5) is 4.79 Å². The molecule has 1 aromatic rings. The maximum atomic E-state index is 12.2. The second kappa shape index (κ2) is 6.55. The molecule has 0 aromatic heterocycles. The number of urea groups is 1. The monoisotopic (exact) mass is 357 g/mol. The van der Waals surface area contributed by atoms with E-state index in [-0.39, 0.29) is 6.54 Å². The number of rotatable bonds is 4. The highest BCUT2D eigenvalue weighted by Crippen LogP contribution is 2.23. The van der Waals surface area contributed by atoms with Crippen LogP contribution in [0.3, 0.4) is 0 Å². The first-order valence-electron chi connectivity index (χ1n) is 6.53. The minimum atomic E-state index is -1.01. The van der Waals surface area contributed by atoms with Crippen LogP contribution in [-0.4, -0.2) is 59.1 Å². The lowest BCUT2D eigenvalue weighted by Crippen LogP contribution is -2.41. The molecule has 0 atom stereocenters. The van der Waals surface area contributed by atoms with Crippen molar-refractivity contribution in [2.45, 2.75) is 6.54 Å². The lowest BCUT2D eigenvalue weighted by atomic mass is 10.2. The van der Waals surface area contributed by atoms with Crippen LogP contribution in [0.2, 0.25) is 10.0 Å². The minimum Gasteiger partial charge on any atom is -0.340 e. The summed E-state index contributed by atoms with van der Waals surface area (Å²) in [5, 5.41) is 0.765. The first kappa shape index (κ1) is 17.2. The number of likely N-dealkylation sites (N-methyl/N-ethyl adjacent to an activating group) is 2. The van der Waals surface area contributed by atoms with Gasteiger partial charge in [0.1, 0.15) is 6.54 Å². The van der Waals surface area contributed by atoms with E-state index >= 15 is 0 Å². The lowest BCUT2D eigenvalue weighted by molar-refractivity contribution is -0.144. The zero-order valence-electron chi connectivity index (χ0n) is 12.4. The summed E-state index contributed by atoms with van der Waals surface area (Å²) in [6.45, 7) is -0.276. The van der Waals surface area contributed by atoms with Crippen molar-refractivity contribution >= 4 is 47.0 Å². The minimum absolute atomic E-state index is 0.218. The molecule has 1 aliphatic heterocycles. The standard InChI is InChI=1S/C14H13Cl2N3O4/c1-17(6-8-3-4-9(15)10(16)5-8)11(20)7-19-13(22)12(21)18(2)14(19)23/h3-5H,6-7H2,1-2H3. The van der Waals surface area contributed by atoms with Crippen molar-refractivity contribution in [1.29, 1.82) is 0 Å². The Bertz CT molecular complexity index is 707. The Labute approximate surface area is 142 Å². The number of halogens is 2. The summed E-state index contributed by atoms with van der Waals surface area (Å²) in [5.74, 6) is -2.44. The van der Waals surface area contributed by atoms with Crippen LogP contribution in [0.25, 0.3) is 0 Å². The van der Waals surface area contributed by atoms with Gasteiger partial charge < -0.3 is 4.90 Å². The van der Waals surface area contributed by atoms with Crippen LogP contribution >= 0.6 is 23.2 Å². The molecule has 1 fully saturated rings. The first-order chi connectivity index (χ1) is 10.7. The van der Waals surface area contributed by atoms with Crippen LogP contribution in [0.5, 0.6) is 0 Å². The third-order valence-electron chi connectivity index (χ3n) is 3.37. The van der Waals surface area contributed by atoms with Gasteiger partial charge in [0.05, 0.1) is 10.0 Å². The Morgan fingerprint density at radius 3 is 2.30 bits per heavy atom. The van der Waals surface area contributed by atoms with E-state index in [2.05, 4.69) is 0 Å². The quantitative estimate of drug-likeness (QED) is 0.602. The van der Waals surface area contributed by atoms with Crippen molar-refractivity contribution in [3.63, 3.8) is 0 Å². The van der Waals surface area contributed by atoms with Gasteiger partial charge in [-0.2, -0.15) is 0 Å². The Morgan fingerprint density at radius 1 is 1.13 bits per heavy atom. The molecule has 1 heterocycles. The Balaban J connectivity index is 2.03. The first-order valence-corrected chi connectivity index (χ1v) is 7.29. The number of nitrogens with zero attached hydrogens (tertiary/aromatic N) is 3. The van der Waals surface area contributed by atoms with E-state index in [1.165, 1.54) is 19.0 Å². The third-order valence-corrected chi connectivity index (χ3v) is 4.11. The molecule has 1 aliphatic rings. The van der Waals surface area contributed by atoms with E-state index < -0.39 is 30.3 Å². The second-order valence-electron chi connectivity index (χ2n) is 5.04. The molecule has 0 aliphatic carbocycles. The number of carbonyl (C=O) groups excluding carboxylic acids is 4. The number of hydrogen-bond donors (Lipinski definition) is 0. The van der Waals surface area contributed by atoms with Gasteiger partial charge in [0.2, 0.25) is 5.91 Å². The van der Waals surface area contributed by atoms with Crippen LogP contribution in [0, 0.1) is 0 Å². The Hall–Kier alpha value is -2.12. The molecular weight excluding hydrogens is 345 g/mol. The van der Waals surface area contributed by atoms with E-state index in [0.29, 0.717) is 19.8 Å². The van der Waals surface area contributed by atoms with Crippen LogP contribution in [0.15, 0.2) is 18.2 Å². The van der Waals surface area contributed by atoms with E-state index in [9.17, 15) is 19.2 Å². The number of benzene rings is 1. The third kappa shape index (κ3) is 3.46. The van der Waals surface area contributed by atoms with Crippen molar-refractivity contribution < 1.29 is 19.2 Å². The van der Waals surface area contributed by atoms with Gasteiger partial charge in [-0.05, 0) is 17.7 Å². The van der Waals surface area contributed by atoms with Gasteiger partial charge in [0, 0.05) is 20.6 Å². The molecule has 122 valence electrons. The SMILES string of the molecule is CN(Cc1ccc(Cl)c(Cl)c1)C(=O)CN1C(=O)C(=O)N(C)C1=O. The molecule has 0 bridgehead atoms. The summed E-state index contributed by atoms with van der Waals surface area (Å²) in [6.07, 6.45) is 0. The Kier molecular flexibility index (Phi) is 4.91. The summed E-state index contributed by atoms with van der Waals surface area (Å²) < 4.78 is 0. The Morgan fingerprint density at radius 2 is 1.78 bits per heavy atom. The molecule has 7 nitrogen and oxygen atoms in total. The van der Waals surface area contributed by atoms with Gasteiger partial charge in [0.15, 0.2) is 0 Å². The van der Waals surface area contributed by atoms with Gasteiger partial charge in [0.25, 0.3) is 0 Å². The topological polar surface area (TPSA) is 78.0 Å². The second-order valence-corrected chi connectivity index (χ2v) is 5.85. The molecule has 5 amide bonds. The number of carbonyl (C=O) groups is 4. The summed E-state index contributed by atoms with van der Waals surface area (Å²) in [4.78, 5) is 49.5. The molecule has 1 aromatic carbocycles. The van der Waals surface area contributed by atoms with Crippen molar-refractivity contribution in [3.05, 3.63) is 33.8 Å². The molecule has 0 spiro atoms. The number of hydrogen-bond acceptors (Lipinski definition) is 4. The van der Waals surface area contributed by atoms with Gasteiger partial charge in [-0.15, -0.1) is 0 Å². The molecular formula is C14H13Cl2N3O4. The fraction of sp³-hybridized carbons (Fsp3) is 0.286. The van der Waals surface area contributed by atoms with Gasteiger partial charge in [-0.3, -0.25) is 19.3 Å². The predicted molar refractivity (Wildman–Crippen MR) is 82.8 cm³/mol. The van der Waals surface area contributed by atoms with Gasteiger partial charge in [-0.1, -0.05) is 29.3 Å². The van der Waals surface area contributed by atoms with Gasteiger partial charge in [-0.25, -0.2) is 9.69 Å². The van der Waals surface area contributed by atoms with Crippen molar-refractivity contribution in [2.75, 3.05) is 20.6 Å². The maximum Gasteiger partial charge on any atom is 0.334 e. The zero-order valence-corrected chi connectivity index (χ0v) is 13.9. The zero-order chi connectivity index (χ0) is 17.3. The predicted octanol–water partition coefficient (Wildman–Crippen LogP) is 1.37. The molecule has 0 N–H and O–H groups in total. The van der Waals surface area contributed by atoms with Gasteiger partial charge >= 0.3 is 17.8 Å². The smallest absolute Gasteiger partial charge is 0.334 e. The van der Waals surface area contributed by atoms with E-state index in [4.69, 9.17) is 23.2 Å². The fourth-order valence-corrected chi connectivity index (χ4v) is 2.33. The van der Waals surface area contributed by atoms with E-state index in [1.54, 1.807) is 18.2 Å². The van der Waals surface area contributed by atoms with Crippen molar-refractivity contribution in [2.24, 2.45) is 0 Å². The normalized spacial score (nSPS) is 14.7. The van der Waals surface area contributed by atoms with Crippen LogP contribution < -0.4 is 0 Å². The average Bonchev–Trinajstić information content (AvgIpc) is 2.68. The van der Waals surface area contributed by atoms with Crippen LogP contribution in [0.1, 0.15) is 5.56 Å². The van der Waals surface area contributed by atoms with E-state index in [1.807, 2.05) is 0 Å². The summed E-state index contributed by atoms with van der Waals surface area (Å²) in [5.41, 5.74) is 0.738. The number of amides is 5. The molecule has 0 radical (unpaired) electrons. The largest absolute Gasteiger partial charge is 0.340 e. The van der Waals surface area contributed by atoms with E-state index in [0.717, 1.165) is 5.56 Å². The van der Waals surface area contributed by atoms with Crippen LogP contribution in [-0.2, 0) is 20.9 Å². The highest BCUT2D eigenvalue weighted by molar-refractivity contribution is 6.45. The highest BCUT2D eigenvalue weighted by atomic mass is 35.5. The highest BCUT2D eigenvalue weighted by Gasteiger charge is 2.43. The summed E-state index contributed by atoms with van der Waals surface area (Å²) in [6, 6.07) is 4.13. The molecule has 1 saturated heterocycles. The molecule has 2 rings (SSSR count). The molecule has 0 unspecified atom stereocenters.